The Morgan fingerprint density at radius 2 is 0.949 bits per heavy atom. The van der Waals surface area contributed by atoms with Crippen molar-refractivity contribution in [2.45, 2.75) is 221 Å². The number of hydrogen-bond donors (Lipinski definition) is 7. The Labute approximate surface area is 479 Å². The normalized spacial score (nSPS) is 41.0. The molecule has 434 valence electrons. The van der Waals surface area contributed by atoms with E-state index in [1.807, 2.05) is 13.8 Å². The number of carboxylic acid groups (broad SMARTS) is 2. The molecule has 0 spiro atoms. The maximum atomic E-state index is 12.9. The van der Waals surface area contributed by atoms with Crippen molar-refractivity contribution in [1.82, 2.24) is 0 Å². The summed E-state index contributed by atoms with van der Waals surface area (Å²) >= 11 is 3.12. The molecule has 8 N–H and O–H groups in total. The highest BCUT2D eigenvalue weighted by molar-refractivity contribution is 8.00. The second-order valence-corrected chi connectivity index (χ2v) is 31.6. The third-order valence-electron chi connectivity index (χ3n) is 25.2. The van der Waals surface area contributed by atoms with Crippen molar-refractivity contribution in [2.24, 2.45) is 60.9 Å². The number of carbonyl (C=O) groups excluding carboxylic acids is 2. The Balaban J connectivity index is 0.000000192. The Hall–Kier alpha value is -3.94. The van der Waals surface area contributed by atoms with Crippen LogP contribution in [0.3, 0.4) is 0 Å². The number of carboxylic acids is 2. The first-order valence-electron chi connectivity index (χ1n) is 29.5. The molecule has 0 aromatic heterocycles. The predicted molar refractivity (Wildman–Crippen MR) is 316 cm³/mol. The maximum absolute atomic E-state index is 12.9. The van der Waals surface area contributed by atoms with E-state index in [0.717, 1.165) is 112 Å². The molecule has 8 aliphatic carbocycles. The van der Waals surface area contributed by atoms with E-state index in [1.165, 1.54) is 22.9 Å². The van der Waals surface area contributed by atoms with Gasteiger partial charge in [-0.25, -0.2) is 0 Å². The summed E-state index contributed by atoms with van der Waals surface area (Å²) in [5, 5.41) is 61.5. The molecule has 13 heteroatoms. The summed E-state index contributed by atoms with van der Waals surface area (Å²) in [4.78, 5) is 48.6. The van der Waals surface area contributed by atoms with Crippen LogP contribution < -0.4 is 5.73 Å². The van der Waals surface area contributed by atoms with E-state index in [0.29, 0.717) is 40.3 Å². The Morgan fingerprint density at radius 3 is 1.32 bits per heavy atom. The summed E-state index contributed by atoms with van der Waals surface area (Å²) in [6.45, 7) is 31.0. The lowest BCUT2D eigenvalue weighted by atomic mass is 9.34. The number of phenols is 4. The molecular formula is C66H93NO10S2. The van der Waals surface area contributed by atoms with E-state index in [-0.39, 0.29) is 99.8 Å². The molecule has 15 atom stereocenters. The minimum Gasteiger partial charge on any atom is -0.504 e. The number of carbonyl (C=O) groups is 4. The van der Waals surface area contributed by atoms with E-state index in [2.05, 4.69) is 81.4 Å². The van der Waals surface area contributed by atoms with Gasteiger partial charge in [0.1, 0.15) is 17.6 Å². The summed E-state index contributed by atoms with van der Waals surface area (Å²) in [6, 6.07) is 2.55. The van der Waals surface area contributed by atoms with E-state index in [4.69, 9.17) is 5.73 Å². The van der Waals surface area contributed by atoms with Crippen LogP contribution in [0, 0.1) is 69.0 Å². The van der Waals surface area contributed by atoms with Crippen LogP contribution >= 0.6 is 23.5 Å². The van der Waals surface area contributed by atoms with Gasteiger partial charge < -0.3 is 36.4 Å². The lowest BCUT2D eigenvalue weighted by Gasteiger charge is -2.70. The zero-order valence-electron chi connectivity index (χ0n) is 49.9. The van der Waals surface area contributed by atoms with Crippen molar-refractivity contribution in [1.29, 1.82) is 0 Å². The van der Waals surface area contributed by atoms with Gasteiger partial charge in [0.25, 0.3) is 0 Å². The van der Waals surface area contributed by atoms with Crippen LogP contribution in [0.15, 0.2) is 35.4 Å². The van der Waals surface area contributed by atoms with Crippen LogP contribution in [0.1, 0.15) is 223 Å². The Morgan fingerprint density at radius 1 is 0.570 bits per heavy atom. The number of phenolic OH excluding ortho intramolecular Hbond substituents is 4. The number of benzene rings is 2. The number of hydrogen-bond acceptors (Lipinski definition) is 11. The number of nitrogens with two attached hydrogens (primary N) is 1. The van der Waals surface area contributed by atoms with Crippen molar-refractivity contribution in [3.63, 3.8) is 0 Å². The molecule has 8 aliphatic rings. The van der Waals surface area contributed by atoms with Crippen molar-refractivity contribution in [3.05, 3.63) is 68.8 Å². The molecule has 2 aromatic carbocycles. The minimum absolute atomic E-state index is 0.0132. The van der Waals surface area contributed by atoms with Gasteiger partial charge in [0.2, 0.25) is 0 Å². The molecule has 0 heterocycles. The highest BCUT2D eigenvalue weighted by atomic mass is 32.2. The monoisotopic (exact) mass is 1120 g/mol. The van der Waals surface area contributed by atoms with E-state index >= 15 is 0 Å². The SMILES string of the molecule is CC(=O)[C@]1(C)CC[C@]2(C)CC[C@]3(C)C4=CC(SCCC(=O)O)c5c(cc(O)c(O)c5C)[C@]4(C)CC[C@@]3(C)[C@@H]2C1.CC(=O)[C@]1(C)CC[C@]2(C)CC[C@]3(C)C4=CC(SC[C@@H](N)C(=O)O)c5c(cc(O)c(O)c5C)[C@]4(C)CC[C@@]3(C)[C@@H]2C1. The fourth-order valence-corrected chi connectivity index (χ4v) is 21.3. The molecule has 11 nitrogen and oxygen atoms in total. The summed E-state index contributed by atoms with van der Waals surface area (Å²) in [6.07, 6.45) is 19.1. The average Bonchev–Trinajstić information content (AvgIpc) is 2.98. The molecule has 0 amide bonds. The van der Waals surface area contributed by atoms with Crippen LogP contribution in [0.25, 0.3) is 0 Å². The van der Waals surface area contributed by atoms with Gasteiger partial charge in [-0.2, -0.15) is 0 Å². The van der Waals surface area contributed by atoms with Gasteiger partial charge in [-0.05, 0) is 207 Å². The third-order valence-corrected chi connectivity index (χ3v) is 27.7. The van der Waals surface area contributed by atoms with E-state index in [1.54, 1.807) is 37.7 Å². The number of rotatable bonds is 10. The van der Waals surface area contributed by atoms with Gasteiger partial charge in [0.05, 0.1) is 6.42 Å². The van der Waals surface area contributed by atoms with Crippen molar-refractivity contribution in [3.8, 4) is 23.0 Å². The maximum Gasteiger partial charge on any atom is 0.321 e. The molecule has 10 rings (SSSR count). The highest BCUT2D eigenvalue weighted by Crippen LogP contribution is 2.78. The fraction of sp³-hybridized carbons (Fsp3) is 0.697. The van der Waals surface area contributed by atoms with Crippen molar-refractivity contribution >= 4 is 47.0 Å². The van der Waals surface area contributed by atoms with Crippen LogP contribution in [0.5, 0.6) is 23.0 Å². The fourth-order valence-electron chi connectivity index (χ4n) is 18.8. The molecule has 0 radical (unpaired) electrons. The van der Waals surface area contributed by atoms with Gasteiger partial charge in [-0.1, -0.05) is 92.5 Å². The van der Waals surface area contributed by atoms with Crippen LogP contribution in [-0.4, -0.2) is 71.7 Å². The van der Waals surface area contributed by atoms with Gasteiger partial charge in [-0.3, -0.25) is 19.2 Å². The molecule has 2 unspecified atom stereocenters. The molecule has 0 aliphatic heterocycles. The van der Waals surface area contributed by atoms with E-state index in [9.17, 15) is 49.8 Å². The largest absolute Gasteiger partial charge is 0.504 e. The number of aliphatic carboxylic acids is 2. The smallest absolute Gasteiger partial charge is 0.321 e. The average molecular weight is 1120 g/mol. The first-order valence-corrected chi connectivity index (χ1v) is 31.6. The summed E-state index contributed by atoms with van der Waals surface area (Å²) in [7, 11) is 0. The van der Waals surface area contributed by atoms with Gasteiger partial charge >= 0.3 is 11.9 Å². The highest BCUT2D eigenvalue weighted by Gasteiger charge is 2.69. The summed E-state index contributed by atoms with van der Waals surface area (Å²) in [5.74, 6) is -0.0351. The molecular weight excluding hydrogens is 1030 g/mol. The van der Waals surface area contributed by atoms with Gasteiger partial charge in [0.15, 0.2) is 23.0 Å². The van der Waals surface area contributed by atoms with Crippen molar-refractivity contribution < 1.29 is 49.8 Å². The standard InChI is InChI=1S/C33H47NO5S.C33H46O5S/c1-18-26-20(14-22(36)27(18)37)31(5)11-13-33(7)25-16-30(4,19(2)35)9-8-29(25,3)10-12-32(33,6)24(31)15-23(26)40-17-21(34)28(38)39;1-19-27-21(16-22(35)28(19)38)31(5)12-14-33(7)25-18-30(4,20(2)34)10-9-29(25,3)11-13-32(33,6)24(31)17-23(27)39-15-8-26(36)37/h14-15,21,23,25,36-37H,8-13,16-17,34H2,1-7H3,(H,38,39);16-17,23,25,35,38H,8-15,18H2,1-7H3,(H,36,37)/t21-,23?,25-,29-,30-,31+,32-,33+;23?,25-,29-,30-,31+,32-,33+/m11/s1. The zero-order valence-corrected chi connectivity index (χ0v) is 51.6. The summed E-state index contributed by atoms with van der Waals surface area (Å²) in [5.41, 5.74) is 13.2. The number of allylic oxidation sites excluding steroid dienone is 2. The first kappa shape index (κ1) is 59.7. The van der Waals surface area contributed by atoms with Gasteiger partial charge in [-0.15, -0.1) is 23.5 Å². The topological polar surface area (TPSA) is 216 Å². The number of aromatic hydroxyl groups is 4. The van der Waals surface area contributed by atoms with E-state index < -0.39 is 18.0 Å². The Kier molecular flexibility index (Phi) is 14.8. The predicted octanol–water partition coefficient (Wildman–Crippen LogP) is 14.6. The number of fused-ring (bicyclic) bond motifs is 14. The molecule has 6 saturated carbocycles. The number of ketones is 2. The summed E-state index contributed by atoms with van der Waals surface area (Å²) < 4.78 is 0. The second kappa shape index (κ2) is 19.6. The molecule has 79 heavy (non-hydrogen) atoms. The molecule has 0 saturated heterocycles. The van der Waals surface area contributed by atoms with Crippen LogP contribution in [-0.2, 0) is 30.0 Å². The lowest BCUT2D eigenvalue weighted by molar-refractivity contribution is -0.165. The quantitative estimate of drug-likeness (QED) is 0.0872. The molecule has 0 bridgehead atoms. The third kappa shape index (κ3) is 8.80. The Bertz CT molecular complexity index is 2970. The number of Topliss-reactive ketones (excluding diaryl/α,β-unsaturated/α-hetero) is 2. The second-order valence-electron chi connectivity index (χ2n) is 29.2. The molecule has 2 aromatic rings. The lowest BCUT2D eigenvalue weighted by Crippen LogP contribution is -2.62. The van der Waals surface area contributed by atoms with Gasteiger partial charge in [0, 0.05) is 43.7 Å². The van der Waals surface area contributed by atoms with Crippen LogP contribution in [0.2, 0.25) is 0 Å². The minimum atomic E-state index is -1.03. The first-order chi connectivity index (χ1) is 36.5. The van der Waals surface area contributed by atoms with Crippen LogP contribution in [0.4, 0.5) is 0 Å². The zero-order chi connectivity index (χ0) is 58.4. The molecule has 6 fully saturated rings. The van der Waals surface area contributed by atoms with Crippen molar-refractivity contribution in [2.75, 3.05) is 11.5 Å². The number of thioether (sulfide) groups is 2.